The van der Waals surface area contributed by atoms with Crippen molar-refractivity contribution in [1.82, 2.24) is 23.8 Å². The molecule has 2 atom stereocenters. The van der Waals surface area contributed by atoms with Crippen molar-refractivity contribution in [3.05, 3.63) is 12.4 Å². The molecule has 1 saturated heterocycles. The maximum absolute atomic E-state index is 13.8. The maximum Gasteiger partial charge on any atom is 0.312 e. The Morgan fingerprint density at radius 3 is 2.67 bits per heavy atom. The molecule has 3 rings (SSSR count). The molecule has 0 saturated carbocycles. The predicted octanol–water partition coefficient (Wildman–Crippen LogP) is 1.38. The largest absolute Gasteiger partial charge is 0.364 e. The van der Waals surface area contributed by atoms with Crippen molar-refractivity contribution in [3.63, 3.8) is 0 Å². The van der Waals surface area contributed by atoms with E-state index in [9.17, 15) is 12.8 Å². The molecule has 1 fully saturated rings. The van der Waals surface area contributed by atoms with Gasteiger partial charge >= 0.3 is 6.08 Å². The van der Waals surface area contributed by atoms with Gasteiger partial charge in [-0.1, -0.05) is 0 Å². The summed E-state index contributed by atoms with van der Waals surface area (Å²) >= 11 is 0. The van der Waals surface area contributed by atoms with Crippen LogP contribution in [-0.4, -0.2) is 57.1 Å². The van der Waals surface area contributed by atoms with Gasteiger partial charge in [0.1, 0.15) is 0 Å². The summed E-state index contributed by atoms with van der Waals surface area (Å²) in [6, 6.07) is -0.186. The second kappa shape index (κ2) is 5.92. The van der Waals surface area contributed by atoms with Gasteiger partial charge < -0.3 is 9.88 Å². The number of rotatable bonds is 4. The third-order valence-electron chi connectivity index (χ3n) is 4.23. The van der Waals surface area contributed by atoms with Crippen LogP contribution in [0.1, 0.15) is 33.2 Å². The first-order chi connectivity index (χ1) is 11.2. The molecule has 0 unspecified atom stereocenters. The van der Waals surface area contributed by atoms with Crippen molar-refractivity contribution in [2.24, 2.45) is 0 Å². The van der Waals surface area contributed by atoms with E-state index in [0.29, 0.717) is 29.9 Å². The Balaban J connectivity index is 1.91. The molecule has 1 aliphatic rings. The van der Waals surface area contributed by atoms with Crippen LogP contribution in [0.4, 0.5) is 10.2 Å². The van der Waals surface area contributed by atoms with E-state index in [4.69, 9.17) is 0 Å². The quantitative estimate of drug-likeness (QED) is 0.832. The Bertz CT molecular complexity index is 866. The summed E-state index contributed by atoms with van der Waals surface area (Å²) in [4.78, 5) is 11.9. The van der Waals surface area contributed by atoms with E-state index in [1.165, 1.54) is 10.6 Å². The van der Waals surface area contributed by atoms with E-state index in [0.717, 1.165) is 0 Å². The van der Waals surface area contributed by atoms with Crippen molar-refractivity contribution in [2.75, 3.05) is 18.1 Å². The molecule has 1 aliphatic heterocycles. The van der Waals surface area contributed by atoms with Crippen LogP contribution in [0.15, 0.2) is 6.33 Å². The van der Waals surface area contributed by atoms with Crippen LogP contribution in [0.5, 0.6) is 0 Å². The van der Waals surface area contributed by atoms with Crippen LogP contribution in [0.2, 0.25) is 0 Å². The van der Waals surface area contributed by atoms with Crippen molar-refractivity contribution in [2.45, 2.75) is 45.3 Å². The summed E-state index contributed by atoms with van der Waals surface area (Å²) in [6.07, 6.45) is 2.58. The van der Waals surface area contributed by atoms with Crippen LogP contribution in [-0.2, 0) is 10.0 Å². The average Bonchev–Trinajstić information content (AvgIpc) is 3.01. The number of nitrogens with zero attached hydrogens (tertiary/aromatic N) is 5. The summed E-state index contributed by atoms with van der Waals surface area (Å²) in [7, 11) is -3.27. The zero-order valence-electron chi connectivity index (χ0n) is 14.1. The fourth-order valence-corrected chi connectivity index (χ4v) is 4.32. The standard InChI is InChI=1S/C14H21FN6O2S/c1-8(2)20-7-16-11-12(18-14(15)19-13(11)20)17-10-5-9(3)21(6-10)24(4,22)23/h7-10H,5-6H2,1-4H3,(H,17,18,19)/t9-,10+/m1/s1. The molecule has 0 bridgehead atoms. The molecule has 0 aromatic carbocycles. The summed E-state index contributed by atoms with van der Waals surface area (Å²) in [6.45, 7) is 6.08. The molecule has 2 aromatic heterocycles. The third kappa shape index (κ3) is 3.07. The molecule has 0 amide bonds. The van der Waals surface area contributed by atoms with Gasteiger partial charge in [0, 0.05) is 24.7 Å². The summed E-state index contributed by atoms with van der Waals surface area (Å²) in [5, 5.41) is 3.14. The number of sulfonamides is 1. The zero-order chi connectivity index (χ0) is 17.6. The molecule has 24 heavy (non-hydrogen) atoms. The first kappa shape index (κ1) is 17.0. The first-order valence-corrected chi connectivity index (χ1v) is 9.65. The highest BCUT2D eigenvalue weighted by atomic mass is 32.2. The summed E-state index contributed by atoms with van der Waals surface area (Å²) in [5.74, 6) is 0.296. The lowest BCUT2D eigenvalue weighted by Gasteiger charge is -2.17. The highest BCUT2D eigenvalue weighted by molar-refractivity contribution is 7.88. The normalized spacial score (nSPS) is 22.6. The van der Waals surface area contributed by atoms with E-state index in [1.807, 2.05) is 20.8 Å². The second-order valence-electron chi connectivity index (χ2n) is 6.52. The Morgan fingerprint density at radius 2 is 2.08 bits per heavy atom. The minimum Gasteiger partial charge on any atom is -0.364 e. The molecule has 0 radical (unpaired) electrons. The Labute approximate surface area is 140 Å². The second-order valence-corrected chi connectivity index (χ2v) is 8.45. The molecular formula is C14H21FN6O2S. The van der Waals surface area contributed by atoms with Gasteiger partial charge in [0.25, 0.3) is 0 Å². The van der Waals surface area contributed by atoms with Gasteiger partial charge in [0.2, 0.25) is 10.0 Å². The van der Waals surface area contributed by atoms with Crippen molar-refractivity contribution < 1.29 is 12.8 Å². The third-order valence-corrected chi connectivity index (χ3v) is 5.60. The minimum atomic E-state index is -3.27. The lowest BCUT2D eigenvalue weighted by Crippen LogP contribution is -2.34. The number of anilines is 1. The van der Waals surface area contributed by atoms with Crippen molar-refractivity contribution >= 4 is 27.0 Å². The van der Waals surface area contributed by atoms with Crippen LogP contribution < -0.4 is 5.32 Å². The van der Waals surface area contributed by atoms with Crippen LogP contribution in [0.3, 0.4) is 0 Å². The van der Waals surface area contributed by atoms with E-state index in [-0.39, 0.29) is 18.1 Å². The molecule has 3 heterocycles. The number of aromatic nitrogens is 4. The minimum absolute atomic E-state index is 0.0874. The summed E-state index contributed by atoms with van der Waals surface area (Å²) < 4.78 is 40.6. The molecule has 2 aromatic rings. The van der Waals surface area contributed by atoms with E-state index in [1.54, 1.807) is 10.9 Å². The van der Waals surface area contributed by atoms with Gasteiger partial charge in [-0.25, -0.2) is 13.4 Å². The Morgan fingerprint density at radius 1 is 1.38 bits per heavy atom. The number of imidazole rings is 1. The number of halogens is 1. The highest BCUT2D eigenvalue weighted by Crippen LogP contribution is 2.26. The lowest BCUT2D eigenvalue weighted by molar-refractivity contribution is 0.411. The topological polar surface area (TPSA) is 93.0 Å². The van der Waals surface area contributed by atoms with Crippen LogP contribution in [0.25, 0.3) is 11.2 Å². The number of hydrogen-bond acceptors (Lipinski definition) is 6. The van der Waals surface area contributed by atoms with E-state index >= 15 is 0 Å². The molecular weight excluding hydrogens is 335 g/mol. The number of hydrogen-bond donors (Lipinski definition) is 1. The SMILES string of the molecule is CC(C)n1cnc2c(N[C@H]3C[C@@H](C)N(S(C)(=O)=O)C3)nc(F)nc21. The van der Waals surface area contributed by atoms with Crippen molar-refractivity contribution in [3.8, 4) is 0 Å². The fourth-order valence-electron chi connectivity index (χ4n) is 3.13. The monoisotopic (exact) mass is 356 g/mol. The van der Waals surface area contributed by atoms with Crippen LogP contribution in [0, 0.1) is 6.08 Å². The summed E-state index contributed by atoms with van der Waals surface area (Å²) in [5.41, 5.74) is 0.904. The molecule has 10 heteroatoms. The zero-order valence-corrected chi connectivity index (χ0v) is 14.9. The smallest absolute Gasteiger partial charge is 0.312 e. The molecule has 132 valence electrons. The molecule has 0 spiro atoms. The lowest BCUT2D eigenvalue weighted by atomic mass is 10.2. The fraction of sp³-hybridized carbons (Fsp3) is 0.643. The number of fused-ring (bicyclic) bond motifs is 1. The van der Waals surface area contributed by atoms with E-state index < -0.39 is 16.1 Å². The van der Waals surface area contributed by atoms with Gasteiger partial charge in [-0.05, 0) is 27.2 Å². The predicted molar refractivity (Wildman–Crippen MR) is 88.7 cm³/mol. The van der Waals surface area contributed by atoms with Gasteiger partial charge in [-0.3, -0.25) is 0 Å². The average molecular weight is 356 g/mol. The van der Waals surface area contributed by atoms with Gasteiger partial charge in [0.15, 0.2) is 17.0 Å². The molecule has 8 nitrogen and oxygen atoms in total. The van der Waals surface area contributed by atoms with Gasteiger partial charge in [-0.2, -0.15) is 18.7 Å². The van der Waals surface area contributed by atoms with Crippen molar-refractivity contribution in [1.29, 1.82) is 0 Å². The highest BCUT2D eigenvalue weighted by Gasteiger charge is 2.35. The number of nitrogens with one attached hydrogen (secondary N) is 1. The Kier molecular flexibility index (Phi) is 4.20. The van der Waals surface area contributed by atoms with Gasteiger partial charge in [-0.15, -0.1) is 0 Å². The Hall–Kier alpha value is -1.81. The van der Waals surface area contributed by atoms with Gasteiger partial charge in [0.05, 0.1) is 12.6 Å². The molecule has 1 N–H and O–H groups in total. The molecule has 0 aliphatic carbocycles. The van der Waals surface area contributed by atoms with Crippen LogP contribution >= 0.6 is 0 Å². The maximum atomic E-state index is 13.8. The first-order valence-electron chi connectivity index (χ1n) is 7.80. The van der Waals surface area contributed by atoms with E-state index in [2.05, 4.69) is 20.3 Å².